The number of aromatic nitrogens is 7. The summed E-state index contributed by atoms with van der Waals surface area (Å²) in [5.74, 6) is -0.514. The summed E-state index contributed by atoms with van der Waals surface area (Å²) < 4.78 is 30.0. The summed E-state index contributed by atoms with van der Waals surface area (Å²) in [4.78, 5) is 30.0. The van der Waals surface area contributed by atoms with E-state index < -0.39 is 12.3 Å². The first kappa shape index (κ1) is 24.3. The summed E-state index contributed by atoms with van der Waals surface area (Å²) >= 11 is 0. The van der Waals surface area contributed by atoms with E-state index in [1.54, 1.807) is 11.1 Å². The highest BCUT2D eigenvalue weighted by Gasteiger charge is 2.27. The Morgan fingerprint density at radius 1 is 1.17 bits per heavy atom. The van der Waals surface area contributed by atoms with Crippen molar-refractivity contribution in [3.63, 3.8) is 0 Å². The van der Waals surface area contributed by atoms with Crippen LogP contribution < -0.4 is 10.6 Å². The molecule has 1 unspecified atom stereocenters. The van der Waals surface area contributed by atoms with Crippen molar-refractivity contribution >= 4 is 17.6 Å². The van der Waals surface area contributed by atoms with Gasteiger partial charge in [0.2, 0.25) is 5.91 Å². The lowest BCUT2D eigenvalue weighted by atomic mass is 10.2. The molecular weight excluding hydrogens is 462 g/mol. The van der Waals surface area contributed by atoms with Gasteiger partial charge in [-0.1, -0.05) is 16.5 Å². The Bertz CT molecular complexity index is 1140. The highest BCUT2D eigenvalue weighted by molar-refractivity contribution is 5.92. The number of carbonyl (C=O) groups is 2. The molecule has 1 aliphatic heterocycles. The molecule has 2 N–H and O–H groups in total. The van der Waals surface area contributed by atoms with E-state index in [4.69, 9.17) is 0 Å². The molecule has 0 aliphatic carbocycles. The van der Waals surface area contributed by atoms with E-state index >= 15 is 0 Å². The zero-order chi connectivity index (χ0) is 24.8. The third-order valence-electron chi connectivity index (χ3n) is 5.34. The number of nitrogens with one attached hydrogen (secondary N) is 2. The largest absolute Gasteiger partial charge is 0.346 e. The highest BCUT2D eigenvalue weighted by Crippen LogP contribution is 2.11. The molecule has 35 heavy (non-hydrogen) atoms. The Morgan fingerprint density at radius 2 is 1.97 bits per heavy atom. The normalized spacial score (nSPS) is 14.9. The molecule has 1 aliphatic rings. The van der Waals surface area contributed by atoms with Crippen LogP contribution in [0.5, 0.6) is 0 Å². The first-order chi connectivity index (χ1) is 16.8. The van der Waals surface area contributed by atoms with E-state index in [-0.39, 0.29) is 62.5 Å². The molecule has 12 nitrogen and oxygen atoms in total. The Morgan fingerprint density at radius 3 is 2.71 bits per heavy atom. The molecule has 1 fully saturated rings. The zero-order valence-corrected chi connectivity index (χ0v) is 19.1. The van der Waals surface area contributed by atoms with Crippen molar-refractivity contribution in [2.24, 2.45) is 0 Å². The minimum atomic E-state index is -1.27. The van der Waals surface area contributed by atoms with Gasteiger partial charge >= 0.3 is 0 Å². The molecule has 4 rings (SSSR count). The topological polar surface area (TPSA) is 136 Å². The molecule has 0 spiro atoms. The molecule has 3 aromatic rings. The maximum atomic E-state index is 14.4. The van der Waals surface area contributed by atoms with Gasteiger partial charge in [-0.3, -0.25) is 24.2 Å². The number of amides is 2. The first-order valence-electron chi connectivity index (χ1n) is 11.1. The average Bonchev–Trinajstić information content (AvgIpc) is 3.45. The van der Waals surface area contributed by atoms with Gasteiger partial charge in [0.05, 0.1) is 25.5 Å². The number of rotatable bonds is 11. The molecule has 1 saturated heterocycles. The van der Waals surface area contributed by atoms with Crippen LogP contribution in [0.15, 0.2) is 30.7 Å². The van der Waals surface area contributed by atoms with Crippen LogP contribution in [0.4, 0.5) is 14.6 Å². The number of hydrogen-bond donors (Lipinski definition) is 2. The van der Waals surface area contributed by atoms with E-state index in [2.05, 4.69) is 36.2 Å². The summed E-state index contributed by atoms with van der Waals surface area (Å²) in [6.45, 7) is 2.89. The van der Waals surface area contributed by atoms with E-state index in [1.165, 1.54) is 21.8 Å². The summed E-state index contributed by atoms with van der Waals surface area (Å²) in [6.07, 6.45) is 2.55. The molecule has 0 radical (unpaired) electrons. The van der Waals surface area contributed by atoms with Crippen LogP contribution in [0.25, 0.3) is 0 Å². The van der Waals surface area contributed by atoms with Crippen LogP contribution in [-0.2, 0) is 24.4 Å². The van der Waals surface area contributed by atoms with Crippen molar-refractivity contribution in [1.29, 1.82) is 0 Å². The molecule has 0 bridgehead atoms. The zero-order valence-electron chi connectivity index (χ0n) is 19.1. The summed E-state index contributed by atoms with van der Waals surface area (Å²) in [6, 6.07) is 3.74. The predicted molar refractivity (Wildman–Crippen MR) is 120 cm³/mol. The third kappa shape index (κ3) is 7.09. The number of hydrogen-bond acceptors (Lipinski definition) is 8. The van der Waals surface area contributed by atoms with Gasteiger partial charge in [0.1, 0.15) is 12.3 Å². The summed E-state index contributed by atoms with van der Waals surface area (Å²) in [7, 11) is 0. The second kappa shape index (κ2) is 11.1. The van der Waals surface area contributed by atoms with Crippen LogP contribution in [0.1, 0.15) is 28.2 Å². The number of aryl methyl sites for hydroxylation is 2. The van der Waals surface area contributed by atoms with Gasteiger partial charge in [-0.15, -0.1) is 10.2 Å². The van der Waals surface area contributed by atoms with Crippen molar-refractivity contribution < 1.29 is 18.4 Å². The molecule has 0 aromatic carbocycles. The van der Waals surface area contributed by atoms with Gasteiger partial charge in [-0.2, -0.15) is 0 Å². The molecular formula is C21H26F2N10O2. The SMILES string of the molecule is Cc1ccc(CNC(=O)c2cn(CCC(F)Cn3cc(NC(=O)CN4CC(F)C4)nn3)nn2)cn1. The van der Waals surface area contributed by atoms with E-state index in [1.807, 2.05) is 19.1 Å². The van der Waals surface area contributed by atoms with Crippen LogP contribution in [0.3, 0.4) is 0 Å². The molecule has 0 saturated carbocycles. The monoisotopic (exact) mass is 488 g/mol. The van der Waals surface area contributed by atoms with Gasteiger partial charge in [0, 0.05) is 44.5 Å². The van der Waals surface area contributed by atoms with Gasteiger partial charge in [0.25, 0.3) is 5.91 Å². The van der Waals surface area contributed by atoms with Crippen molar-refractivity contribution in [3.05, 3.63) is 47.7 Å². The first-order valence-corrected chi connectivity index (χ1v) is 11.1. The minimum absolute atomic E-state index is 0.0643. The van der Waals surface area contributed by atoms with Gasteiger partial charge in [0.15, 0.2) is 11.5 Å². The maximum Gasteiger partial charge on any atom is 0.273 e. The fraction of sp³-hybridized carbons (Fsp3) is 0.476. The minimum Gasteiger partial charge on any atom is -0.346 e. The quantitative estimate of drug-likeness (QED) is 0.399. The van der Waals surface area contributed by atoms with Crippen LogP contribution in [0, 0.1) is 6.92 Å². The lowest BCUT2D eigenvalue weighted by Crippen LogP contribution is -2.51. The lowest BCUT2D eigenvalue weighted by Gasteiger charge is -2.33. The molecule has 1 atom stereocenters. The molecule has 3 aromatic heterocycles. The van der Waals surface area contributed by atoms with Crippen molar-refractivity contribution in [2.75, 3.05) is 25.0 Å². The molecule has 14 heteroatoms. The van der Waals surface area contributed by atoms with Crippen LogP contribution in [-0.4, -0.2) is 83.7 Å². The number of pyridine rings is 1. The van der Waals surface area contributed by atoms with E-state index in [0.717, 1.165) is 11.3 Å². The van der Waals surface area contributed by atoms with E-state index in [9.17, 15) is 18.4 Å². The standard InChI is InChI=1S/C21H26F2N10O2/c1-14-2-3-15(6-24-14)7-25-21(35)18-11-32(29-27-18)5-4-16(22)10-33-12-19(28-30-33)26-20(34)13-31-8-17(23)9-31/h2-3,6,11-12,16-17H,4-5,7-10,13H2,1H3,(H,25,35)(H,26,34). The third-order valence-corrected chi connectivity index (χ3v) is 5.34. The predicted octanol–water partition coefficient (Wildman–Crippen LogP) is 0.524. The fourth-order valence-corrected chi connectivity index (χ4v) is 3.42. The second-order valence-corrected chi connectivity index (χ2v) is 8.41. The number of likely N-dealkylation sites (tertiary alicyclic amines) is 1. The number of nitrogens with zero attached hydrogens (tertiary/aromatic N) is 8. The molecule has 186 valence electrons. The fourth-order valence-electron chi connectivity index (χ4n) is 3.42. The van der Waals surface area contributed by atoms with Gasteiger partial charge < -0.3 is 10.6 Å². The molecule has 4 heterocycles. The number of carbonyl (C=O) groups excluding carboxylic acids is 2. The average molecular weight is 489 g/mol. The van der Waals surface area contributed by atoms with Crippen molar-refractivity contribution in [2.45, 2.75) is 45.3 Å². The van der Waals surface area contributed by atoms with Gasteiger partial charge in [-0.25, -0.2) is 13.5 Å². The number of alkyl halides is 2. The Kier molecular flexibility index (Phi) is 7.70. The molecule has 2 amide bonds. The van der Waals surface area contributed by atoms with E-state index in [0.29, 0.717) is 6.54 Å². The summed E-state index contributed by atoms with van der Waals surface area (Å²) in [5, 5.41) is 20.6. The number of anilines is 1. The highest BCUT2D eigenvalue weighted by atomic mass is 19.1. The van der Waals surface area contributed by atoms with Crippen molar-refractivity contribution in [3.8, 4) is 0 Å². The van der Waals surface area contributed by atoms with Crippen molar-refractivity contribution in [1.82, 2.24) is 45.2 Å². The summed E-state index contributed by atoms with van der Waals surface area (Å²) in [5.41, 5.74) is 1.89. The van der Waals surface area contributed by atoms with Crippen LogP contribution in [0.2, 0.25) is 0 Å². The Hall–Kier alpha value is -3.81. The van der Waals surface area contributed by atoms with Crippen LogP contribution >= 0.6 is 0 Å². The smallest absolute Gasteiger partial charge is 0.273 e. The Labute approximate surface area is 199 Å². The van der Waals surface area contributed by atoms with Gasteiger partial charge in [-0.05, 0) is 18.6 Å². The number of halogens is 2. The lowest BCUT2D eigenvalue weighted by molar-refractivity contribution is -0.119. The second-order valence-electron chi connectivity index (χ2n) is 8.41. The maximum absolute atomic E-state index is 14.4. The Balaban J connectivity index is 1.17.